The van der Waals surface area contributed by atoms with E-state index in [1.807, 2.05) is 6.07 Å². The standard InChI is InChI=1S/C19H19ClF5N3O2S/c1-12(27-17(10-26)6-7-17)15-8-13(9-28(15)11-18(21,22)19(23,24)25)31(29,30)16-5-3-2-4-14(16)20/h2-5,13,15,27H,1,6-9,11H2/t13-,15+/m1/s1. The van der Waals surface area contributed by atoms with Crippen LogP contribution in [0.2, 0.25) is 5.02 Å². The van der Waals surface area contributed by atoms with Gasteiger partial charge in [-0.15, -0.1) is 0 Å². The molecule has 0 radical (unpaired) electrons. The predicted octanol–water partition coefficient (Wildman–Crippen LogP) is 3.91. The van der Waals surface area contributed by atoms with E-state index in [0.29, 0.717) is 12.8 Å². The summed E-state index contributed by atoms with van der Waals surface area (Å²) in [5.74, 6) is -5.05. The molecule has 0 aromatic heterocycles. The highest BCUT2D eigenvalue weighted by Gasteiger charge is 2.60. The predicted molar refractivity (Wildman–Crippen MR) is 103 cm³/mol. The third-order valence-corrected chi connectivity index (χ3v) is 8.16. The van der Waals surface area contributed by atoms with Crippen LogP contribution in [0.25, 0.3) is 0 Å². The van der Waals surface area contributed by atoms with E-state index in [2.05, 4.69) is 11.9 Å². The number of benzene rings is 1. The van der Waals surface area contributed by atoms with Gasteiger partial charge in [0.05, 0.1) is 33.8 Å². The molecule has 1 saturated heterocycles. The second-order valence-corrected chi connectivity index (χ2v) is 10.4. The average molecular weight is 484 g/mol. The van der Waals surface area contributed by atoms with Crippen LogP contribution in [0.3, 0.4) is 0 Å². The molecule has 1 aromatic carbocycles. The highest BCUT2D eigenvalue weighted by atomic mass is 35.5. The molecular weight excluding hydrogens is 465 g/mol. The van der Waals surface area contributed by atoms with E-state index < -0.39 is 51.9 Å². The number of rotatable bonds is 7. The summed E-state index contributed by atoms with van der Waals surface area (Å²) in [7, 11) is -4.13. The lowest BCUT2D eigenvalue weighted by Crippen LogP contribution is -2.50. The van der Waals surface area contributed by atoms with Crippen molar-refractivity contribution in [2.24, 2.45) is 0 Å². The van der Waals surface area contributed by atoms with Gasteiger partial charge in [0.15, 0.2) is 9.84 Å². The van der Waals surface area contributed by atoms with Crippen molar-refractivity contribution in [3.8, 4) is 6.07 Å². The first-order chi connectivity index (χ1) is 14.2. The number of hydrogen-bond acceptors (Lipinski definition) is 5. The van der Waals surface area contributed by atoms with Gasteiger partial charge in [-0.1, -0.05) is 30.3 Å². The Morgan fingerprint density at radius 1 is 1.29 bits per heavy atom. The summed E-state index contributed by atoms with van der Waals surface area (Å²) in [5.41, 5.74) is -0.913. The first-order valence-corrected chi connectivity index (χ1v) is 11.2. The highest BCUT2D eigenvalue weighted by molar-refractivity contribution is 7.92. The largest absolute Gasteiger partial charge is 0.454 e. The van der Waals surface area contributed by atoms with E-state index >= 15 is 0 Å². The van der Waals surface area contributed by atoms with Crippen molar-refractivity contribution in [3.63, 3.8) is 0 Å². The topological polar surface area (TPSA) is 73.2 Å². The van der Waals surface area contributed by atoms with Crippen molar-refractivity contribution in [3.05, 3.63) is 41.6 Å². The van der Waals surface area contributed by atoms with Crippen LogP contribution in [0.4, 0.5) is 22.0 Å². The molecule has 5 nitrogen and oxygen atoms in total. The van der Waals surface area contributed by atoms with Crippen LogP contribution in [-0.2, 0) is 9.84 Å². The van der Waals surface area contributed by atoms with Gasteiger partial charge in [-0.25, -0.2) is 8.42 Å². The van der Waals surface area contributed by atoms with Crippen molar-refractivity contribution in [1.82, 2.24) is 10.2 Å². The first kappa shape index (κ1) is 23.8. The fraction of sp³-hybridized carbons (Fsp3) is 0.526. The molecule has 170 valence electrons. The zero-order chi connectivity index (χ0) is 23.2. The van der Waals surface area contributed by atoms with E-state index in [1.165, 1.54) is 24.3 Å². The number of likely N-dealkylation sites (tertiary alicyclic amines) is 1. The molecule has 12 heteroatoms. The van der Waals surface area contributed by atoms with Crippen LogP contribution in [0.1, 0.15) is 19.3 Å². The lowest BCUT2D eigenvalue weighted by molar-refractivity contribution is -0.286. The van der Waals surface area contributed by atoms with Gasteiger partial charge in [0.1, 0.15) is 5.54 Å². The van der Waals surface area contributed by atoms with Gasteiger partial charge in [-0.2, -0.15) is 27.2 Å². The number of sulfone groups is 1. The zero-order valence-electron chi connectivity index (χ0n) is 16.1. The summed E-state index contributed by atoms with van der Waals surface area (Å²) in [6.45, 7) is 1.42. The van der Waals surface area contributed by atoms with Gasteiger partial charge in [0, 0.05) is 12.2 Å². The van der Waals surface area contributed by atoms with Gasteiger partial charge >= 0.3 is 12.1 Å². The molecule has 1 aromatic rings. The van der Waals surface area contributed by atoms with Gasteiger partial charge in [-0.3, -0.25) is 4.90 Å². The summed E-state index contributed by atoms with van der Waals surface area (Å²) in [6.07, 6.45) is -5.13. The molecule has 2 atom stereocenters. The number of nitrogens with one attached hydrogen (secondary N) is 1. The molecule has 0 amide bonds. The minimum Gasteiger partial charge on any atom is -0.370 e. The SMILES string of the molecule is C=C(NC1(C#N)CC1)[C@@H]1C[C@@H](S(=O)(=O)c2ccccc2Cl)CN1CC(F)(F)C(F)(F)F. The van der Waals surface area contributed by atoms with Crippen LogP contribution in [0, 0.1) is 11.3 Å². The third kappa shape index (κ3) is 4.66. The van der Waals surface area contributed by atoms with Crippen molar-refractivity contribution >= 4 is 21.4 Å². The fourth-order valence-corrected chi connectivity index (χ4v) is 5.85. The summed E-state index contributed by atoms with van der Waals surface area (Å²) < 4.78 is 92.2. The molecule has 1 aliphatic carbocycles. The molecule has 0 spiro atoms. The Morgan fingerprint density at radius 2 is 1.90 bits per heavy atom. The molecule has 1 saturated carbocycles. The Balaban J connectivity index is 1.90. The van der Waals surface area contributed by atoms with Crippen LogP contribution in [0.15, 0.2) is 41.4 Å². The van der Waals surface area contributed by atoms with Gasteiger partial charge in [0.2, 0.25) is 0 Å². The Bertz CT molecular complexity index is 1020. The van der Waals surface area contributed by atoms with Crippen LogP contribution < -0.4 is 5.32 Å². The van der Waals surface area contributed by atoms with Crippen molar-refractivity contribution in [1.29, 1.82) is 5.26 Å². The Hall–Kier alpha value is -1.90. The van der Waals surface area contributed by atoms with Crippen LogP contribution in [0.5, 0.6) is 0 Å². The maximum atomic E-state index is 13.8. The molecule has 2 fully saturated rings. The second-order valence-electron chi connectivity index (χ2n) is 7.82. The molecule has 0 unspecified atom stereocenters. The summed E-state index contributed by atoms with van der Waals surface area (Å²) in [6, 6.07) is 6.42. The maximum absolute atomic E-state index is 13.8. The van der Waals surface area contributed by atoms with Crippen molar-refractivity contribution in [2.45, 2.75) is 53.1 Å². The quantitative estimate of drug-likeness (QED) is 0.595. The normalized spacial score (nSPS) is 23.9. The molecule has 1 N–H and O–H groups in total. The van der Waals surface area contributed by atoms with Gasteiger partial charge < -0.3 is 5.32 Å². The fourth-order valence-electron chi connectivity index (χ4n) is 3.60. The van der Waals surface area contributed by atoms with E-state index in [-0.39, 0.29) is 22.0 Å². The summed E-state index contributed by atoms with van der Waals surface area (Å²) in [4.78, 5) is 0.536. The lowest BCUT2D eigenvalue weighted by Gasteiger charge is -2.31. The molecule has 31 heavy (non-hydrogen) atoms. The summed E-state index contributed by atoms with van der Waals surface area (Å²) >= 11 is 5.98. The third-order valence-electron chi connectivity index (χ3n) is 5.53. The molecular formula is C19H19ClF5N3O2S. The van der Waals surface area contributed by atoms with E-state index in [0.717, 1.165) is 4.90 Å². The molecule has 1 heterocycles. The highest BCUT2D eigenvalue weighted by Crippen LogP contribution is 2.41. The average Bonchev–Trinajstić information content (AvgIpc) is 3.30. The Morgan fingerprint density at radius 3 is 2.42 bits per heavy atom. The van der Waals surface area contributed by atoms with Crippen LogP contribution >= 0.6 is 11.6 Å². The van der Waals surface area contributed by atoms with Crippen molar-refractivity contribution in [2.75, 3.05) is 13.1 Å². The molecule has 1 aliphatic heterocycles. The van der Waals surface area contributed by atoms with E-state index in [4.69, 9.17) is 11.6 Å². The van der Waals surface area contributed by atoms with Gasteiger partial charge in [0.25, 0.3) is 0 Å². The Labute approximate surface area is 181 Å². The molecule has 3 rings (SSSR count). The van der Waals surface area contributed by atoms with Gasteiger partial charge in [-0.05, 0) is 31.4 Å². The lowest BCUT2D eigenvalue weighted by atomic mass is 10.1. The number of nitriles is 1. The minimum absolute atomic E-state index is 0.0360. The smallest absolute Gasteiger partial charge is 0.370 e. The number of alkyl halides is 5. The second kappa shape index (κ2) is 7.90. The van der Waals surface area contributed by atoms with E-state index in [9.17, 15) is 35.6 Å². The minimum atomic E-state index is -5.80. The van der Waals surface area contributed by atoms with Crippen LogP contribution in [-0.4, -0.2) is 55.3 Å². The zero-order valence-corrected chi connectivity index (χ0v) is 17.7. The van der Waals surface area contributed by atoms with Crippen molar-refractivity contribution < 1.29 is 30.4 Å². The number of halogens is 6. The first-order valence-electron chi connectivity index (χ1n) is 9.28. The maximum Gasteiger partial charge on any atom is 0.454 e. The Kier molecular flexibility index (Phi) is 6.06. The molecule has 0 bridgehead atoms. The molecule has 2 aliphatic rings. The number of hydrogen-bond donors (Lipinski definition) is 1. The number of nitrogens with zero attached hydrogens (tertiary/aromatic N) is 2. The summed E-state index contributed by atoms with van der Waals surface area (Å²) in [5, 5.41) is 10.7. The van der Waals surface area contributed by atoms with E-state index in [1.54, 1.807) is 0 Å². The monoisotopic (exact) mass is 483 g/mol.